The molecular formula is C17H26ClN. The Balaban J connectivity index is 1.70. The molecule has 1 aromatic carbocycles. The molecule has 0 saturated heterocycles. The summed E-state index contributed by atoms with van der Waals surface area (Å²) in [7, 11) is 0. The fraction of sp³-hybridized carbons (Fsp3) is 0.647. The molecule has 106 valence electrons. The molecule has 0 amide bonds. The van der Waals surface area contributed by atoms with Crippen LogP contribution in [0.3, 0.4) is 0 Å². The molecule has 19 heavy (non-hydrogen) atoms. The molecular weight excluding hydrogens is 254 g/mol. The van der Waals surface area contributed by atoms with Crippen molar-refractivity contribution in [2.45, 2.75) is 52.0 Å². The van der Waals surface area contributed by atoms with Gasteiger partial charge in [0.1, 0.15) is 0 Å². The second-order valence-corrected chi connectivity index (χ2v) is 6.58. The van der Waals surface area contributed by atoms with E-state index in [4.69, 9.17) is 11.6 Å². The van der Waals surface area contributed by atoms with Gasteiger partial charge >= 0.3 is 0 Å². The van der Waals surface area contributed by atoms with Crippen LogP contribution >= 0.6 is 11.6 Å². The largest absolute Gasteiger partial charge is 0.310 e. The normalized spacial score (nSPS) is 25.2. The van der Waals surface area contributed by atoms with Crippen molar-refractivity contribution in [2.75, 3.05) is 6.54 Å². The van der Waals surface area contributed by atoms with Gasteiger partial charge in [0.05, 0.1) is 0 Å². The van der Waals surface area contributed by atoms with Gasteiger partial charge in [-0.25, -0.2) is 0 Å². The number of hydrogen-bond acceptors (Lipinski definition) is 1. The highest BCUT2D eigenvalue weighted by atomic mass is 35.5. The Morgan fingerprint density at radius 1 is 1.26 bits per heavy atom. The molecule has 0 aliphatic heterocycles. The monoisotopic (exact) mass is 279 g/mol. The van der Waals surface area contributed by atoms with E-state index in [-0.39, 0.29) is 0 Å². The molecule has 2 rings (SSSR count). The summed E-state index contributed by atoms with van der Waals surface area (Å²) in [4.78, 5) is 0. The first kappa shape index (κ1) is 14.9. The highest BCUT2D eigenvalue weighted by molar-refractivity contribution is 6.30. The van der Waals surface area contributed by atoms with Crippen LogP contribution in [0.15, 0.2) is 24.3 Å². The molecule has 0 spiro atoms. The lowest BCUT2D eigenvalue weighted by Gasteiger charge is -2.26. The van der Waals surface area contributed by atoms with E-state index in [0.717, 1.165) is 23.4 Å². The molecule has 1 N–H and O–H groups in total. The Morgan fingerprint density at radius 2 is 2.00 bits per heavy atom. The van der Waals surface area contributed by atoms with Crippen molar-refractivity contribution in [1.82, 2.24) is 5.32 Å². The quantitative estimate of drug-likeness (QED) is 0.780. The second-order valence-electron chi connectivity index (χ2n) is 6.15. The van der Waals surface area contributed by atoms with Crippen LogP contribution in [0.2, 0.25) is 5.02 Å². The summed E-state index contributed by atoms with van der Waals surface area (Å²) >= 11 is 6.03. The first-order valence-corrected chi connectivity index (χ1v) is 8.02. The minimum Gasteiger partial charge on any atom is -0.310 e. The smallest absolute Gasteiger partial charge is 0.0409 e. The van der Waals surface area contributed by atoms with Crippen LogP contribution in [-0.4, -0.2) is 6.54 Å². The molecule has 1 aliphatic carbocycles. The van der Waals surface area contributed by atoms with Gasteiger partial charge in [-0.2, -0.15) is 0 Å². The molecule has 1 aliphatic rings. The molecule has 1 nitrogen and oxygen atoms in total. The summed E-state index contributed by atoms with van der Waals surface area (Å²) in [5.41, 5.74) is 1.28. The van der Waals surface area contributed by atoms with E-state index < -0.39 is 0 Å². The maximum Gasteiger partial charge on any atom is 0.0409 e. The predicted molar refractivity (Wildman–Crippen MR) is 83.6 cm³/mol. The van der Waals surface area contributed by atoms with Gasteiger partial charge in [0.2, 0.25) is 0 Å². The van der Waals surface area contributed by atoms with Crippen molar-refractivity contribution in [3.8, 4) is 0 Å². The average Bonchev–Trinajstić information content (AvgIpc) is 2.41. The molecule has 1 atom stereocenters. The molecule has 2 heteroatoms. The van der Waals surface area contributed by atoms with Crippen molar-refractivity contribution in [3.63, 3.8) is 0 Å². The van der Waals surface area contributed by atoms with Gasteiger partial charge in [0.15, 0.2) is 0 Å². The van der Waals surface area contributed by atoms with Crippen LogP contribution < -0.4 is 5.32 Å². The van der Waals surface area contributed by atoms with Crippen LogP contribution in [0, 0.1) is 11.8 Å². The van der Waals surface area contributed by atoms with Crippen molar-refractivity contribution >= 4 is 11.6 Å². The summed E-state index contributed by atoms with van der Waals surface area (Å²) in [6.45, 7) is 5.72. The predicted octanol–water partition coefficient (Wildman–Crippen LogP) is 5.21. The van der Waals surface area contributed by atoms with Crippen LogP contribution in [0.4, 0.5) is 0 Å². The zero-order chi connectivity index (χ0) is 13.7. The maximum absolute atomic E-state index is 6.03. The topological polar surface area (TPSA) is 12.0 Å². The van der Waals surface area contributed by atoms with Crippen LogP contribution in [-0.2, 0) is 0 Å². The van der Waals surface area contributed by atoms with E-state index in [1.807, 2.05) is 12.1 Å². The van der Waals surface area contributed by atoms with Gasteiger partial charge < -0.3 is 5.32 Å². The van der Waals surface area contributed by atoms with Crippen molar-refractivity contribution < 1.29 is 0 Å². The van der Waals surface area contributed by atoms with E-state index in [9.17, 15) is 0 Å². The molecule has 0 radical (unpaired) electrons. The third kappa shape index (κ3) is 4.81. The maximum atomic E-state index is 6.03. The molecule has 0 heterocycles. The Kier molecular flexibility index (Phi) is 5.72. The summed E-state index contributed by atoms with van der Waals surface area (Å²) in [6, 6.07) is 8.55. The van der Waals surface area contributed by atoms with E-state index in [2.05, 4.69) is 31.3 Å². The van der Waals surface area contributed by atoms with Crippen molar-refractivity contribution in [1.29, 1.82) is 0 Å². The number of benzene rings is 1. The number of hydrogen-bond donors (Lipinski definition) is 1. The third-order valence-electron chi connectivity index (χ3n) is 4.49. The zero-order valence-electron chi connectivity index (χ0n) is 12.2. The number of rotatable bonds is 5. The average molecular weight is 280 g/mol. The summed E-state index contributed by atoms with van der Waals surface area (Å²) in [6.07, 6.45) is 7.02. The molecule has 1 aromatic rings. The minimum absolute atomic E-state index is 0.390. The second kappa shape index (κ2) is 7.31. The highest BCUT2D eigenvalue weighted by Gasteiger charge is 2.17. The molecule has 0 aromatic heterocycles. The molecule has 1 unspecified atom stereocenters. The third-order valence-corrected chi connectivity index (χ3v) is 4.72. The van der Waals surface area contributed by atoms with E-state index >= 15 is 0 Å². The molecule has 1 saturated carbocycles. The highest BCUT2D eigenvalue weighted by Crippen LogP contribution is 2.30. The van der Waals surface area contributed by atoms with Crippen LogP contribution in [0.25, 0.3) is 0 Å². The van der Waals surface area contributed by atoms with Gasteiger partial charge in [0.25, 0.3) is 0 Å². The minimum atomic E-state index is 0.390. The lowest BCUT2D eigenvalue weighted by atomic mass is 9.81. The summed E-state index contributed by atoms with van der Waals surface area (Å²) < 4.78 is 0. The van der Waals surface area contributed by atoms with Gasteiger partial charge in [-0.05, 0) is 49.4 Å². The Bertz CT molecular complexity index is 383. The Labute approximate surface area is 122 Å². The van der Waals surface area contributed by atoms with Crippen molar-refractivity contribution in [2.24, 2.45) is 11.8 Å². The first-order chi connectivity index (χ1) is 9.15. The lowest BCUT2D eigenvalue weighted by Crippen LogP contribution is -2.23. The Morgan fingerprint density at radius 3 is 2.68 bits per heavy atom. The van der Waals surface area contributed by atoms with Gasteiger partial charge in [0, 0.05) is 11.1 Å². The molecule has 1 fully saturated rings. The summed E-state index contributed by atoms with van der Waals surface area (Å²) in [5.74, 6) is 1.89. The SMILES string of the molecule is CC1CCC(CCNC(C)c2cccc(Cl)c2)CC1. The molecule has 0 bridgehead atoms. The number of halogens is 1. The Hall–Kier alpha value is -0.530. The van der Waals surface area contributed by atoms with E-state index in [0.29, 0.717) is 6.04 Å². The summed E-state index contributed by atoms with van der Waals surface area (Å²) in [5, 5.41) is 4.45. The van der Waals surface area contributed by atoms with Gasteiger partial charge in [-0.3, -0.25) is 0 Å². The van der Waals surface area contributed by atoms with E-state index in [1.165, 1.54) is 37.7 Å². The first-order valence-electron chi connectivity index (χ1n) is 7.64. The van der Waals surface area contributed by atoms with Crippen molar-refractivity contribution in [3.05, 3.63) is 34.9 Å². The zero-order valence-corrected chi connectivity index (χ0v) is 12.9. The van der Waals surface area contributed by atoms with Gasteiger partial charge in [-0.1, -0.05) is 56.3 Å². The van der Waals surface area contributed by atoms with E-state index in [1.54, 1.807) is 0 Å². The lowest BCUT2D eigenvalue weighted by molar-refractivity contribution is 0.273. The fourth-order valence-electron chi connectivity index (χ4n) is 3.02. The standard InChI is InChI=1S/C17H26ClN/c1-13-6-8-15(9-7-13)10-11-19-14(2)16-4-3-5-17(18)12-16/h3-5,12-15,19H,6-11H2,1-2H3. The number of nitrogens with one attached hydrogen (secondary N) is 1. The van der Waals surface area contributed by atoms with Crippen LogP contribution in [0.1, 0.15) is 57.6 Å². The van der Waals surface area contributed by atoms with Gasteiger partial charge in [-0.15, -0.1) is 0 Å². The van der Waals surface area contributed by atoms with Crippen LogP contribution in [0.5, 0.6) is 0 Å². The fourth-order valence-corrected chi connectivity index (χ4v) is 3.21.